The van der Waals surface area contributed by atoms with Crippen LogP contribution in [-0.4, -0.2) is 54.1 Å². The largest absolute Gasteiger partial charge is 0.335 e. The van der Waals surface area contributed by atoms with Crippen LogP contribution in [0, 0.1) is 12.7 Å². The van der Waals surface area contributed by atoms with Gasteiger partial charge >= 0.3 is 12.1 Å². The Labute approximate surface area is 147 Å². The minimum Gasteiger partial charge on any atom is -0.335 e. The van der Waals surface area contributed by atoms with E-state index in [9.17, 15) is 14.0 Å². The molecule has 4 amide bonds. The molecule has 0 atom stereocenters. The molecule has 7 heteroatoms. The Morgan fingerprint density at radius 3 is 2.40 bits per heavy atom. The first-order valence-electron chi connectivity index (χ1n) is 8.90. The van der Waals surface area contributed by atoms with Crippen LogP contribution in [-0.2, 0) is 0 Å². The molecule has 2 aliphatic heterocycles. The van der Waals surface area contributed by atoms with Crippen molar-refractivity contribution in [1.29, 1.82) is 0 Å². The summed E-state index contributed by atoms with van der Waals surface area (Å²) in [5.41, 5.74) is 1.28. The van der Waals surface area contributed by atoms with E-state index in [0.717, 1.165) is 44.3 Å². The van der Waals surface area contributed by atoms with Crippen molar-refractivity contribution in [3.05, 3.63) is 29.6 Å². The number of carbonyl (C=O) groups excluding carboxylic acids is 2. The first-order valence-corrected chi connectivity index (χ1v) is 8.90. The fraction of sp³-hybridized carbons (Fsp3) is 0.556. The molecule has 2 heterocycles. The Balaban J connectivity index is 1.46. The summed E-state index contributed by atoms with van der Waals surface area (Å²) in [5.74, 6) is -0.380. The maximum Gasteiger partial charge on any atom is 0.319 e. The van der Waals surface area contributed by atoms with Crippen molar-refractivity contribution in [3.8, 4) is 0 Å². The van der Waals surface area contributed by atoms with Crippen molar-refractivity contribution in [3.63, 3.8) is 0 Å². The number of benzene rings is 1. The van der Waals surface area contributed by atoms with Gasteiger partial charge in [0.05, 0.1) is 0 Å². The maximum atomic E-state index is 13.3. The molecule has 0 bridgehead atoms. The van der Waals surface area contributed by atoms with Gasteiger partial charge in [0, 0.05) is 37.9 Å². The number of urea groups is 2. The lowest BCUT2D eigenvalue weighted by Crippen LogP contribution is -2.50. The lowest BCUT2D eigenvalue weighted by Gasteiger charge is -2.34. The Morgan fingerprint density at radius 1 is 1.08 bits per heavy atom. The molecule has 2 saturated heterocycles. The molecule has 0 saturated carbocycles. The van der Waals surface area contributed by atoms with Crippen molar-refractivity contribution in [2.75, 3.05) is 31.5 Å². The smallest absolute Gasteiger partial charge is 0.319 e. The Hall–Kier alpha value is -2.31. The second kappa shape index (κ2) is 7.72. The van der Waals surface area contributed by atoms with Gasteiger partial charge in [-0.1, -0.05) is 6.07 Å². The second-order valence-electron chi connectivity index (χ2n) is 6.80. The first kappa shape index (κ1) is 17.5. The molecule has 6 nitrogen and oxygen atoms in total. The Morgan fingerprint density at radius 2 is 1.72 bits per heavy atom. The van der Waals surface area contributed by atoms with Gasteiger partial charge in [0.1, 0.15) is 5.82 Å². The van der Waals surface area contributed by atoms with Gasteiger partial charge in [-0.25, -0.2) is 14.0 Å². The molecule has 2 N–H and O–H groups in total. The summed E-state index contributed by atoms with van der Waals surface area (Å²) in [4.78, 5) is 28.3. The predicted molar refractivity (Wildman–Crippen MR) is 94.1 cm³/mol. The van der Waals surface area contributed by atoms with Crippen molar-refractivity contribution < 1.29 is 14.0 Å². The SMILES string of the molecule is Cc1ccc(F)cc1NC(=O)NC1CCN(C(=O)N2CCCC2)CC1. The molecule has 0 radical (unpaired) electrons. The van der Waals surface area contributed by atoms with E-state index in [0.29, 0.717) is 18.8 Å². The molecule has 0 spiro atoms. The van der Waals surface area contributed by atoms with E-state index in [2.05, 4.69) is 10.6 Å². The number of rotatable bonds is 2. The van der Waals surface area contributed by atoms with Crippen LogP contribution in [0.3, 0.4) is 0 Å². The van der Waals surface area contributed by atoms with Crippen molar-refractivity contribution in [1.82, 2.24) is 15.1 Å². The lowest BCUT2D eigenvalue weighted by molar-refractivity contribution is 0.146. The molecule has 1 aromatic carbocycles. The highest BCUT2D eigenvalue weighted by atomic mass is 19.1. The number of likely N-dealkylation sites (tertiary alicyclic amines) is 2. The minimum absolute atomic E-state index is 0.0245. The lowest BCUT2D eigenvalue weighted by atomic mass is 10.1. The predicted octanol–water partition coefficient (Wildman–Crippen LogP) is 2.94. The summed E-state index contributed by atoms with van der Waals surface area (Å²) in [6.07, 6.45) is 3.64. The van der Waals surface area contributed by atoms with E-state index in [-0.39, 0.29) is 23.9 Å². The van der Waals surface area contributed by atoms with Crippen molar-refractivity contribution in [2.24, 2.45) is 0 Å². The third-order valence-corrected chi connectivity index (χ3v) is 4.93. The summed E-state index contributed by atoms with van der Waals surface area (Å²) >= 11 is 0. The zero-order valence-electron chi connectivity index (χ0n) is 14.6. The van der Waals surface area contributed by atoms with Crippen LogP contribution in [0.2, 0.25) is 0 Å². The number of carbonyl (C=O) groups is 2. The monoisotopic (exact) mass is 348 g/mol. The van der Waals surface area contributed by atoms with Gasteiger partial charge < -0.3 is 20.4 Å². The summed E-state index contributed by atoms with van der Waals surface area (Å²) < 4.78 is 13.3. The molecule has 136 valence electrons. The number of hydrogen-bond acceptors (Lipinski definition) is 2. The number of aryl methyl sites for hydroxylation is 1. The van der Waals surface area contributed by atoms with Gasteiger partial charge in [0.2, 0.25) is 0 Å². The van der Waals surface area contributed by atoms with Crippen LogP contribution in [0.4, 0.5) is 19.7 Å². The summed E-state index contributed by atoms with van der Waals surface area (Å²) in [7, 11) is 0. The van der Waals surface area contributed by atoms with Gasteiger partial charge in [-0.2, -0.15) is 0 Å². The first-order chi connectivity index (χ1) is 12.0. The van der Waals surface area contributed by atoms with Gasteiger partial charge in [-0.15, -0.1) is 0 Å². The highest BCUT2D eigenvalue weighted by Crippen LogP contribution is 2.18. The minimum atomic E-state index is -0.380. The van der Waals surface area contributed by atoms with E-state index in [1.807, 2.05) is 16.7 Å². The number of hydrogen-bond donors (Lipinski definition) is 2. The molecule has 2 fully saturated rings. The molecule has 0 aromatic heterocycles. The van der Waals surface area contributed by atoms with Crippen LogP contribution in [0.25, 0.3) is 0 Å². The third kappa shape index (κ3) is 4.41. The van der Waals surface area contributed by atoms with E-state index in [1.165, 1.54) is 12.1 Å². The van der Waals surface area contributed by atoms with Gasteiger partial charge in [-0.3, -0.25) is 0 Å². The fourth-order valence-corrected chi connectivity index (χ4v) is 3.40. The van der Waals surface area contributed by atoms with E-state index in [1.54, 1.807) is 6.07 Å². The Bertz CT molecular complexity index is 638. The van der Waals surface area contributed by atoms with Gasteiger partial charge in [0.15, 0.2) is 0 Å². The van der Waals surface area contributed by atoms with Crippen molar-refractivity contribution in [2.45, 2.75) is 38.6 Å². The second-order valence-corrected chi connectivity index (χ2v) is 6.80. The Kier molecular flexibility index (Phi) is 5.40. The average molecular weight is 348 g/mol. The van der Waals surface area contributed by atoms with Gasteiger partial charge in [-0.05, 0) is 50.3 Å². The van der Waals surface area contributed by atoms with Crippen LogP contribution >= 0.6 is 0 Å². The molecule has 0 aliphatic carbocycles. The number of amides is 4. The van der Waals surface area contributed by atoms with E-state index < -0.39 is 0 Å². The van der Waals surface area contributed by atoms with Crippen LogP contribution < -0.4 is 10.6 Å². The summed E-state index contributed by atoms with van der Waals surface area (Å²) in [6.45, 7) is 4.83. The number of nitrogens with one attached hydrogen (secondary N) is 2. The number of nitrogens with zero attached hydrogens (tertiary/aromatic N) is 2. The molecule has 0 unspecified atom stereocenters. The maximum absolute atomic E-state index is 13.3. The fourth-order valence-electron chi connectivity index (χ4n) is 3.40. The van der Waals surface area contributed by atoms with Crippen LogP contribution in [0.5, 0.6) is 0 Å². The topological polar surface area (TPSA) is 64.7 Å². The number of piperidine rings is 1. The number of halogens is 1. The standard InChI is InChI=1S/C18H25FN4O2/c1-13-4-5-14(19)12-16(13)21-17(24)20-15-6-10-23(11-7-15)18(25)22-8-2-3-9-22/h4-5,12,15H,2-3,6-11H2,1H3,(H2,20,21,24). The van der Waals surface area contributed by atoms with E-state index in [4.69, 9.17) is 0 Å². The molecule has 25 heavy (non-hydrogen) atoms. The quantitative estimate of drug-likeness (QED) is 0.863. The highest BCUT2D eigenvalue weighted by Gasteiger charge is 2.28. The molecule has 2 aliphatic rings. The zero-order chi connectivity index (χ0) is 17.8. The molecular weight excluding hydrogens is 323 g/mol. The summed E-state index contributed by atoms with van der Waals surface area (Å²) in [5, 5.41) is 5.62. The van der Waals surface area contributed by atoms with Crippen molar-refractivity contribution >= 4 is 17.7 Å². The third-order valence-electron chi connectivity index (χ3n) is 4.93. The van der Waals surface area contributed by atoms with E-state index >= 15 is 0 Å². The molecule has 3 rings (SSSR count). The normalized spacial score (nSPS) is 18.3. The average Bonchev–Trinajstić information content (AvgIpc) is 3.13. The van der Waals surface area contributed by atoms with Crippen LogP contribution in [0.15, 0.2) is 18.2 Å². The zero-order valence-corrected chi connectivity index (χ0v) is 14.6. The number of anilines is 1. The molecule has 1 aromatic rings. The summed E-state index contributed by atoms with van der Waals surface area (Å²) in [6, 6.07) is 4.12. The molecular formula is C18H25FN4O2. The van der Waals surface area contributed by atoms with Crippen LogP contribution in [0.1, 0.15) is 31.2 Å². The van der Waals surface area contributed by atoms with Gasteiger partial charge in [0.25, 0.3) is 0 Å². The highest BCUT2D eigenvalue weighted by molar-refractivity contribution is 5.90.